The Hall–Kier alpha value is -2.09. The first-order valence-corrected chi connectivity index (χ1v) is 7.28. The number of benzene rings is 2. The quantitative estimate of drug-likeness (QED) is 0.710. The Kier molecular flexibility index (Phi) is 3.87. The summed E-state index contributed by atoms with van der Waals surface area (Å²) in [5.41, 5.74) is 1.57. The molecule has 2 aromatic carbocycles. The highest BCUT2D eigenvalue weighted by molar-refractivity contribution is 5.51. The van der Waals surface area contributed by atoms with Crippen LogP contribution in [0, 0.1) is 0 Å². The molecule has 0 heterocycles. The van der Waals surface area contributed by atoms with Crippen molar-refractivity contribution >= 4 is 0 Å². The average Bonchev–Trinajstić information content (AvgIpc) is 2.59. The maximum atomic E-state index is 14.6. The van der Waals surface area contributed by atoms with Crippen LogP contribution in [0.5, 0.6) is 0 Å². The molecule has 1 nitrogen and oxygen atoms in total. The molecule has 2 aromatic rings. The van der Waals surface area contributed by atoms with Crippen LogP contribution in [-0.2, 0) is 18.0 Å². The minimum absolute atomic E-state index is 0.201. The molecule has 0 aliphatic heterocycles. The number of nitrogens with two attached hydrogens (primary N) is 1. The predicted molar refractivity (Wildman–Crippen MR) is 76.6 cm³/mol. The fourth-order valence-electron chi connectivity index (χ4n) is 3.16. The molecule has 0 saturated heterocycles. The van der Waals surface area contributed by atoms with E-state index in [-0.39, 0.29) is 5.56 Å². The van der Waals surface area contributed by atoms with Gasteiger partial charge in [0.05, 0.1) is 5.56 Å². The molecule has 0 bridgehead atoms. The van der Waals surface area contributed by atoms with Gasteiger partial charge in [0.2, 0.25) is 0 Å². The van der Waals surface area contributed by atoms with Gasteiger partial charge >= 0.3 is 18.0 Å². The summed E-state index contributed by atoms with van der Waals surface area (Å²) < 4.78 is 97.1. The summed E-state index contributed by atoms with van der Waals surface area (Å²) in [6.45, 7) is -0.391. The van der Waals surface area contributed by atoms with E-state index < -0.39 is 52.7 Å². The maximum Gasteiger partial charge on any atom is 0.416 e. The molecule has 0 fully saturated rings. The third kappa shape index (κ3) is 2.50. The molecule has 0 spiro atoms. The number of fused-ring (bicyclic) bond motifs is 2. The molecule has 1 unspecified atom stereocenters. The van der Waals surface area contributed by atoms with Gasteiger partial charge in [-0.3, -0.25) is 0 Å². The average molecular weight is 363 g/mol. The van der Waals surface area contributed by atoms with Gasteiger partial charge in [-0.25, -0.2) is 0 Å². The van der Waals surface area contributed by atoms with Gasteiger partial charge in [0.1, 0.15) is 0 Å². The monoisotopic (exact) mass is 363 g/mol. The van der Waals surface area contributed by atoms with Crippen molar-refractivity contribution in [2.24, 2.45) is 5.73 Å². The third-order valence-electron chi connectivity index (χ3n) is 4.40. The van der Waals surface area contributed by atoms with Crippen LogP contribution in [0.3, 0.4) is 0 Å². The largest absolute Gasteiger partial charge is 0.416 e. The Bertz CT molecular complexity index is 811. The lowest BCUT2D eigenvalue weighted by molar-refractivity contribution is -0.223. The number of hydrogen-bond donors (Lipinski definition) is 1. The Morgan fingerprint density at radius 2 is 1.40 bits per heavy atom. The first kappa shape index (κ1) is 17.7. The molecule has 1 aliphatic carbocycles. The standard InChI is InChI=1S/C17H12F7N/c18-15(19)13-4-2-1-3-10(13)12(8-25)11-7-9(17(22,23)24)5-6-14(11)16(15,20)21/h1-7,12H,8,25H2. The molecular weight excluding hydrogens is 351 g/mol. The fraction of sp³-hybridized carbons (Fsp3) is 0.294. The summed E-state index contributed by atoms with van der Waals surface area (Å²) in [7, 11) is 0. The smallest absolute Gasteiger partial charge is 0.330 e. The summed E-state index contributed by atoms with van der Waals surface area (Å²) >= 11 is 0. The molecule has 134 valence electrons. The van der Waals surface area contributed by atoms with Gasteiger partial charge in [-0.1, -0.05) is 30.3 Å². The molecule has 8 heteroatoms. The van der Waals surface area contributed by atoms with Crippen molar-refractivity contribution in [2.75, 3.05) is 6.54 Å². The van der Waals surface area contributed by atoms with Crippen LogP contribution in [-0.4, -0.2) is 6.54 Å². The molecule has 2 N–H and O–H groups in total. The lowest BCUT2D eigenvalue weighted by Crippen LogP contribution is -2.35. The van der Waals surface area contributed by atoms with Gasteiger partial charge < -0.3 is 5.73 Å². The minimum atomic E-state index is -4.79. The molecular formula is C17H12F7N. The Morgan fingerprint density at radius 3 is 1.96 bits per heavy atom. The summed E-state index contributed by atoms with van der Waals surface area (Å²) in [5, 5.41) is 0. The van der Waals surface area contributed by atoms with Crippen molar-refractivity contribution < 1.29 is 30.7 Å². The van der Waals surface area contributed by atoms with Gasteiger partial charge in [0.15, 0.2) is 0 Å². The van der Waals surface area contributed by atoms with Gasteiger partial charge in [0.25, 0.3) is 0 Å². The van der Waals surface area contributed by atoms with Gasteiger partial charge in [-0.05, 0) is 23.3 Å². The molecule has 25 heavy (non-hydrogen) atoms. The molecule has 0 saturated carbocycles. The Balaban J connectivity index is 2.39. The molecule has 0 amide bonds. The second-order valence-electron chi connectivity index (χ2n) is 5.82. The summed E-state index contributed by atoms with van der Waals surface area (Å²) in [4.78, 5) is 0. The van der Waals surface area contributed by atoms with E-state index in [0.29, 0.717) is 18.2 Å². The summed E-state index contributed by atoms with van der Waals surface area (Å²) in [6.07, 6.45) is -4.79. The molecule has 3 rings (SSSR count). The van der Waals surface area contributed by atoms with Crippen LogP contribution in [0.1, 0.15) is 33.7 Å². The first-order chi connectivity index (χ1) is 11.5. The van der Waals surface area contributed by atoms with Crippen LogP contribution < -0.4 is 5.73 Å². The third-order valence-corrected chi connectivity index (χ3v) is 4.40. The Labute approximate surface area is 138 Å². The zero-order chi connectivity index (χ0) is 18.6. The van der Waals surface area contributed by atoms with Crippen LogP contribution >= 0.6 is 0 Å². The van der Waals surface area contributed by atoms with E-state index in [1.54, 1.807) is 0 Å². The second-order valence-corrected chi connectivity index (χ2v) is 5.82. The Morgan fingerprint density at radius 1 is 0.840 bits per heavy atom. The van der Waals surface area contributed by atoms with E-state index in [1.165, 1.54) is 18.2 Å². The van der Waals surface area contributed by atoms with E-state index in [9.17, 15) is 30.7 Å². The zero-order valence-electron chi connectivity index (χ0n) is 12.5. The van der Waals surface area contributed by atoms with Crippen molar-refractivity contribution in [3.63, 3.8) is 0 Å². The molecule has 1 aliphatic rings. The number of alkyl halides is 7. The van der Waals surface area contributed by atoms with Gasteiger partial charge in [-0.15, -0.1) is 0 Å². The summed E-state index contributed by atoms with van der Waals surface area (Å²) in [5.74, 6) is -10.5. The van der Waals surface area contributed by atoms with Crippen LogP contribution in [0.4, 0.5) is 30.7 Å². The van der Waals surface area contributed by atoms with E-state index in [1.807, 2.05) is 0 Å². The number of rotatable bonds is 1. The van der Waals surface area contributed by atoms with Gasteiger partial charge in [-0.2, -0.15) is 30.7 Å². The van der Waals surface area contributed by atoms with E-state index in [2.05, 4.69) is 0 Å². The number of hydrogen-bond acceptors (Lipinski definition) is 1. The van der Waals surface area contributed by atoms with Crippen LogP contribution in [0.2, 0.25) is 0 Å². The molecule has 0 aromatic heterocycles. The molecule has 0 radical (unpaired) electrons. The lowest BCUT2D eigenvalue weighted by atomic mass is 9.87. The van der Waals surface area contributed by atoms with Crippen LogP contribution in [0.15, 0.2) is 42.5 Å². The first-order valence-electron chi connectivity index (χ1n) is 7.28. The van der Waals surface area contributed by atoms with Crippen molar-refractivity contribution in [3.8, 4) is 0 Å². The SMILES string of the molecule is NCC1c2ccccc2C(F)(F)C(F)(F)c2ccc(C(F)(F)F)cc21. The van der Waals surface area contributed by atoms with Crippen molar-refractivity contribution in [1.29, 1.82) is 0 Å². The van der Waals surface area contributed by atoms with E-state index in [4.69, 9.17) is 5.73 Å². The minimum Gasteiger partial charge on any atom is -0.330 e. The number of halogens is 7. The topological polar surface area (TPSA) is 26.0 Å². The second kappa shape index (κ2) is 5.45. The normalized spacial score (nSPS) is 21.2. The fourth-order valence-corrected chi connectivity index (χ4v) is 3.16. The highest BCUT2D eigenvalue weighted by Gasteiger charge is 2.62. The highest BCUT2D eigenvalue weighted by atomic mass is 19.4. The maximum absolute atomic E-state index is 14.6. The summed E-state index contributed by atoms with van der Waals surface area (Å²) in [6, 6.07) is 5.85. The van der Waals surface area contributed by atoms with Crippen LogP contribution in [0.25, 0.3) is 0 Å². The van der Waals surface area contributed by atoms with Crippen molar-refractivity contribution in [1.82, 2.24) is 0 Å². The van der Waals surface area contributed by atoms with E-state index >= 15 is 0 Å². The van der Waals surface area contributed by atoms with E-state index in [0.717, 1.165) is 6.07 Å². The van der Waals surface area contributed by atoms with Crippen molar-refractivity contribution in [2.45, 2.75) is 23.9 Å². The predicted octanol–water partition coefficient (Wildman–Crippen LogP) is 4.99. The van der Waals surface area contributed by atoms with Gasteiger partial charge in [0, 0.05) is 23.6 Å². The lowest BCUT2D eigenvalue weighted by Gasteiger charge is -2.27. The van der Waals surface area contributed by atoms with Crippen molar-refractivity contribution in [3.05, 3.63) is 70.3 Å². The zero-order valence-corrected chi connectivity index (χ0v) is 12.5. The molecule has 1 atom stereocenters. The highest BCUT2D eigenvalue weighted by Crippen LogP contribution is 2.56.